The van der Waals surface area contributed by atoms with E-state index < -0.39 is 0 Å². The van der Waals surface area contributed by atoms with E-state index in [0.29, 0.717) is 17.3 Å². The van der Waals surface area contributed by atoms with E-state index in [2.05, 4.69) is 26.7 Å². The highest BCUT2D eigenvalue weighted by atomic mass is 35.5. The van der Waals surface area contributed by atoms with E-state index in [4.69, 9.17) is 11.6 Å². The number of aryl methyl sites for hydroxylation is 2. The zero-order chi connectivity index (χ0) is 17.3. The minimum Gasteiger partial charge on any atom is -0.334 e. The van der Waals surface area contributed by atoms with Crippen molar-refractivity contribution in [2.45, 2.75) is 46.3 Å². The first-order chi connectivity index (χ1) is 11.5. The van der Waals surface area contributed by atoms with Crippen molar-refractivity contribution in [1.82, 2.24) is 14.5 Å². The second kappa shape index (κ2) is 6.95. The Kier molecular flexibility index (Phi) is 4.92. The summed E-state index contributed by atoms with van der Waals surface area (Å²) in [5.41, 5.74) is 4.10. The van der Waals surface area contributed by atoms with Gasteiger partial charge in [-0.2, -0.15) is 0 Å². The molecule has 2 aromatic rings. The number of nitrogens with zero attached hydrogens (tertiary/aromatic N) is 3. The fraction of sp³-hybridized carbons (Fsp3) is 0.444. The molecule has 1 aromatic carbocycles. The Morgan fingerprint density at radius 3 is 2.96 bits per heavy atom. The molecule has 1 aromatic heterocycles. The molecule has 1 atom stereocenters. The van der Waals surface area contributed by atoms with Crippen molar-refractivity contribution >= 4 is 23.2 Å². The molecule has 2 heterocycles. The molecule has 6 heteroatoms. The number of nitrogens with one attached hydrogen (secondary N) is 1. The Balaban J connectivity index is 1.68. The van der Waals surface area contributed by atoms with Gasteiger partial charge in [-0.25, -0.2) is 4.98 Å². The van der Waals surface area contributed by atoms with E-state index in [1.807, 2.05) is 38.4 Å². The van der Waals surface area contributed by atoms with Gasteiger partial charge in [0, 0.05) is 31.7 Å². The summed E-state index contributed by atoms with van der Waals surface area (Å²) in [6, 6.07) is 5.41. The van der Waals surface area contributed by atoms with Crippen molar-refractivity contribution in [3.8, 4) is 0 Å². The highest BCUT2D eigenvalue weighted by molar-refractivity contribution is 6.33. The smallest absolute Gasteiger partial charge is 0.241 e. The third-order valence-corrected chi connectivity index (χ3v) is 4.98. The van der Waals surface area contributed by atoms with Crippen LogP contribution < -0.4 is 5.32 Å². The molecular weight excluding hydrogens is 324 g/mol. The first kappa shape index (κ1) is 17.0. The standard InChI is InChI=1S/C18H23ClN4O/c1-4-22-11-20-16-10-23(8-7-17(16)22)13(3)18(24)21-15-6-5-12(2)9-14(15)19/h5-6,9,11,13H,4,7-8,10H2,1-3H3,(H,21,24). The van der Waals surface area contributed by atoms with Gasteiger partial charge in [0.1, 0.15) is 0 Å². The van der Waals surface area contributed by atoms with E-state index in [9.17, 15) is 4.79 Å². The second-order valence-electron chi connectivity index (χ2n) is 6.29. The number of hydrogen-bond acceptors (Lipinski definition) is 3. The van der Waals surface area contributed by atoms with Crippen molar-refractivity contribution in [3.63, 3.8) is 0 Å². The predicted octanol–water partition coefficient (Wildman–Crippen LogP) is 3.25. The van der Waals surface area contributed by atoms with Crippen LogP contribution in [-0.2, 0) is 24.3 Å². The first-order valence-corrected chi connectivity index (χ1v) is 8.71. The van der Waals surface area contributed by atoms with E-state index in [1.165, 1.54) is 5.69 Å². The van der Waals surface area contributed by atoms with Crippen molar-refractivity contribution in [2.24, 2.45) is 0 Å². The lowest BCUT2D eigenvalue weighted by molar-refractivity contribution is -0.121. The molecule has 0 saturated carbocycles. The van der Waals surface area contributed by atoms with E-state index >= 15 is 0 Å². The maximum Gasteiger partial charge on any atom is 0.241 e. The molecule has 0 fully saturated rings. The van der Waals surface area contributed by atoms with Gasteiger partial charge in [-0.1, -0.05) is 17.7 Å². The van der Waals surface area contributed by atoms with Crippen molar-refractivity contribution in [3.05, 3.63) is 46.5 Å². The van der Waals surface area contributed by atoms with Crippen LogP contribution in [0.5, 0.6) is 0 Å². The van der Waals surface area contributed by atoms with Crippen LogP contribution in [0.1, 0.15) is 30.8 Å². The highest BCUT2D eigenvalue weighted by Crippen LogP contribution is 2.24. The summed E-state index contributed by atoms with van der Waals surface area (Å²) in [7, 11) is 0. The molecule has 1 N–H and O–H groups in total. The van der Waals surface area contributed by atoms with Gasteiger partial charge in [-0.3, -0.25) is 9.69 Å². The summed E-state index contributed by atoms with van der Waals surface area (Å²) in [5.74, 6) is -0.0425. The lowest BCUT2D eigenvalue weighted by Gasteiger charge is -2.31. The summed E-state index contributed by atoms with van der Waals surface area (Å²) in [5, 5.41) is 3.50. The summed E-state index contributed by atoms with van der Waals surface area (Å²) in [6.45, 7) is 8.52. The van der Waals surface area contributed by atoms with E-state index in [0.717, 1.165) is 30.8 Å². The number of hydrogen-bond donors (Lipinski definition) is 1. The zero-order valence-electron chi connectivity index (χ0n) is 14.3. The second-order valence-corrected chi connectivity index (χ2v) is 6.70. The van der Waals surface area contributed by atoms with Gasteiger partial charge in [0.05, 0.1) is 28.8 Å². The van der Waals surface area contributed by atoms with Crippen LogP contribution >= 0.6 is 11.6 Å². The zero-order valence-corrected chi connectivity index (χ0v) is 15.1. The quantitative estimate of drug-likeness (QED) is 0.924. The van der Waals surface area contributed by atoms with Gasteiger partial charge >= 0.3 is 0 Å². The number of aromatic nitrogens is 2. The maximum atomic E-state index is 12.6. The number of fused-ring (bicyclic) bond motifs is 1. The molecule has 5 nitrogen and oxygen atoms in total. The third kappa shape index (κ3) is 3.32. The molecule has 1 unspecified atom stereocenters. The normalized spacial score (nSPS) is 15.8. The van der Waals surface area contributed by atoms with E-state index in [-0.39, 0.29) is 11.9 Å². The summed E-state index contributed by atoms with van der Waals surface area (Å²) >= 11 is 6.21. The lowest BCUT2D eigenvalue weighted by Crippen LogP contribution is -2.44. The number of anilines is 1. The van der Waals surface area contributed by atoms with Crippen molar-refractivity contribution in [2.75, 3.05) is 11.9 Å². The summed E-state index contributed by atoms with van der Waals surface area (Å²) in [6.07, 6.45) is 2.82. The van der Waals surface area contributed by atoms with Crippen LogP contribution in [0.2, 0.25) is 5.02 Å². The minimum absolute atomic E-state index is 0.0425. The highest BCUT2D eigenvalue weighted by Gasteiger charge is 2.27. The molecule has 24 heavy (non-hydrogen) atoms. The summed E-state index contributed by atoms with van der Waals surface area (Å²) in [4.78, 5) is 19.2. The molecule has 0 saturated heterocycles. The molecule has 1 amide bonds. The number of halogens is 1. The van der Waals surface area contributed by atoms with Gasteiger partial charge in [0.2, 0.25) is 5.91 Å². The molecule has 0 spiro atoms. The average Bonchev–Trinajstić information content (AvgIpc) is 2.98. The molecule has 1 aliphatic rings. The van der Waals surface area contributed by atoms with Crippen LogP contribution in [0.25, 0.3) is 0 Å². The Morgan fingerprint density at radius 2 is 2.25 bits per heavy atom. The molecule has 0 aliphatic carbocycles. The van der Waals surface area contributed by atoms with Crippen molar-refractivity contribution < 1.29 is 4.79 Å². The Hall–Kier alpha value is -1.85. The molecule has 0 bridgehead atoms. The van der Waals surface area contributed by atoms with Gasteiger partial charge in [0.15, 0.2) is 0 Å². The van der Waals surface area contributed by atoms with Crippen LogP contribution in [0.3, 0.4) is 0 Å². The number of imidazole rings is 1. The Labute approximate surface area is 147 Å². The largest absolute Gasteiger partial charge is 0.334 e. The fourth-order valence-electron chi connectivity index (χ4n) is 3.12. The van der Waals surface area contributed by atoms with Gasteiger partial charge in [0.25, 0.3) is 0 Å². The number of carbonyl (C=O) groups excluding carboxylic acids is 1. The number of rotatable bonds is 4. The number of benzene rings is 1. The van der Waals surface area contributed by atoms with Gasteiger partial charge < -0.3 is 9.88 Å². The monoisotopic (exact) mass is 346 g/mol. The molecule has 0 radical (unpaired) electrons. The van der Waals surface area contributed by atoms with Gasteiger partial charge in [-0.05, 0) is 38.5 Å². The number of amides is 1. The molecule has 128 valence electrons. The number of carbonyl (C=O) groups is 1. The third-order valence-electron chi connectivity index (χ3n) is 4.67. The maximum absolute atomic E-state index is 12.6. The SMILES string of the molecule is CCn1cnc2c1CCN(C(C)C(=O)Nc1ccc(C)cc1Cl)C2. The van der Waals surface area contributed by atoms with Crippen LogP contribution in [-0.4, -0.2) is 32.9 Å². The van der Waals surface area contributed by atoms with Crippen LogP contribution in [0.4, 0.5) is 5.69 Å². The molecule has 1 aliphatic heterocycles. The van der Waals surface area contributed by atoms with E-state index in [1.54, 1.807) is 0 Å². The lowest BCUT2D eigenvalue weighted by atomic mass is 10.1. The van der Waals surface area contributed by atoms with Gasteiger partial charge in [-0.15, -0.1) is 0 Å². The van der Waals surface area contributed by atoms with Crippen LogP contribution in [0, 0.1) is 6.92 Å². The van der Waals surface area contributed by atoms with Crippen molar-refractivity contribution in [1.29, 1.82) is 0 Å². The fourth-order valence-corrected chi connectivity index (χ4v) is 3.40. The molecule has 3 rings (SSSR count). The average molecular weight is 347 g/mol. The van der Waals surface area contributed by atoms with Crippen LogP contribution in [0.15, 0.2) is 24.5 Å². The summed E-state index contributed by atoms with van der Waals surface area (Å²) < 4.78 is 2.18. The molecular formula is C18H23ClN4O. The minimum atomic E-state index is -0.234. The first-order valence-electron chi connectivity index (χ1n) is 8.33. The Morgan fingerprint density at radius 1 is 1.46 bits per heavy atom. The topological polar surface area (TPSA) is 50.2 Å². The predicted molar refractivity (Wildman–Crippen MR) is 96.3 cm³/mol. The Bertz CT molecular complexity index is 755.